The molecule has 1 aromatic carbocycles. The van der Waals surface area contributed by atoms with Gasteiger partial charge in [0.05, 0.1) is 11.1 Å². The average molecular weight is 334 g/mol. The zero-order valence-electron chi connectivity index (χ0n) is 10.8. The average Bonchev–Trinajstić information content (AvgIpc) is 2.29. The summed E-state index contributed by atoms with van der Waals surface area (Å²) >= 11 is 9.35. The molecular formula is C13H18BrClN2O. The van der Waals surface area contributed by atoms with Crippen molar-refractivity contribution in [3.8, 4) is 0 Å². The molecule has 0 fully saturated rings. The van der Waals surface area contributed by atoms with Crippen molar-refractivity contribution in [1.29, 1.82) is 0 Å². The molecule has 1 atom stereocenters. The molecule has 0 aliphatic rings. The van der Waals surface area contributed by atoms with E-state index in [9.17, 15) is 4.79 Å². The molecular weight excluding hydrogens is 316 g/mol. The number of hydrogen-bond acceptors (Lipinski definition) is 2. The Morgan fingerprint density at radius 2 is 2.06 bits per heavy atom. The van der Waals surface area contributed by atoms with Crippen LogP contribution >= 0.6 is 27.5 Å². The van der Waals surface area contributed by atoms with Crippen LogP contribution in [0.5, 0.6) is 0 Å². The third-order valence-corrected chi connectivity index (χ3v) is 3.65. The highest BCUT2D eigenvalue weighted by molar-refractivity contribution is 9.10. The molecule has 0 bridgehead atoms. The molecule has 1 unspecified atom stereocenters. The molecule has 100 valence electrons. The molecule has 18 heavy (non-hydrogen) atoms. The van der Waals surface area contributed by atoms with E-state index in [0.717, 1.165) is 10.0 Å². The molecule has 5 heteroatoms. The maximum Gasteiger partial charge on any atom is 0.237 e. The van der Waals surface area contributed by atoms with E-state index >= 15 is 0 Å². The van der Waals surface area contributed by atoms with Gasteiger partial charge in [0, 0.05) is 17.1 Å². The maximum atomic E-state index is 11.7. The van der Waals surface area contributed by atoms with E-state index in [2.05, 4.69) is 26.6 Å². The van der Waals surface area contributed by atoms with E-state index in [-0.39, 0.29) is 18.0 Å². The predicted octanol–water partition coefficient (Wildman–Crippen LogP) is 3.11. The van der Waals surface area contributed by atoms with Crippen molar-refractivity contribution in [3.63, 3.8) is 0 Å². The van der Waals surface area contributed by atoms with Crippen LogP contribution in [0.4, 0.5) is 0 Å². The highest BCUT2D eigenvalue weighted by Gasteiger charge is 2.12. The van der Waals surface area contributed by atoms with Crippen molar-refractivity contribution in [1.82, 2.24) is 10.6 Å². The number of hydrogen-bond donors (Lipinski definition) is 2. The Morgan fingerprint density at radius 1 is 1.39 bits per heavy atom. The van der Waals surface area contributed by atoms with Crippen LogP contribution in [-0.4, -0.2) is 18.0 Å². The Balaban J connectivity index is 2.49. The first-order valence-corrected chi connectivity index (χ1v) is 7.05. The maximum absolute atomic E-state index is 11.7. The summed E-state index contributed by atoms with van der Waals surface area (Å²) in [6, 6.07) is 5.68. The molecule has 0 aliphatic heterocycles. The normalized spacial score (nSPS) is 12.6. The van der Waals surface area contributed by atoms with Crippen LogP contribution in [0.3, 0.4) is 0 Å². The molecule has 2 N–H and O–H groups in total. The van der Waals surface area contributed by atoms with E-state index in [1.165, 1.54) is 0 Å². The zero-order valence-corrected chi connectivity index (χ0v) is 13.1. The second-order valence-corrected chi connectivity index (χ2v) is 5.78. The van der Waals surface area contributed by atoms with Crippen LogP contribution in [0.15, 0.2) is 22.7 Å². The molecule has 0 radical (unpaired) electrons. The summed E-state index contributed by atoms with van der Waals surface area (Å²) in [6.07, 6.45) is 0. The lowest BCUT2D eigenvalue weighted by atomic mass is 10.2. The van der Waals surface area contributed by atoms with Gasteiger partial charge in [-0.05, 0) is 54.4 Å². The fourth-order valence-electron chi connectivity index (χ4n) is 1.42. The smallest absolute Gasteiger partial charge is 0.237 e. The van der Waals surface area contributed by atoms with E-state index in [1.54, 1.807) is 0 Å². The molecule has 0 aromatic heterocycles. The summed E-state index contributed by atoms with van der Waals surface area (Å²) in [6.45, 7) is 6.34. The monoisotopic (exact) mass is 332 g/mol. The van der Waals surface area contributed by atoms with E-state index in [0.29, 0.717) is 11.6 Å². The minimum absolute atomic E-state index is 0.00760. The summed E-state index contributed by atoms with van der Waals surface area (Å²) in [7, 11) is 0. The van der Waals surface area contributed by atoms with Crippen molar-refractivity contribution >= 4 is 33.4 Å². The van der Waals surface area contributed by atoms with Crippen LogP contribution in [0, 0.1) is 0 Å². The number of carbonyl (C=O) groups is 1. The van der Waals surface area contributed by atoms with Gasteiger partial charge in [0.1, 0.15) is 0 Å². The van der Waals surface area contributed by atoms with Gasteiger partial charge in [0.25, 0.3) is 0 Å². The number of halogens is 2. The van der Waals surface area contributed by atoms with Gasteiger partial charge in [0.2, 0.25) is 5.91 Å². The van der Waals surface area contributed by atoms with Gasteiger partial charge in [0.15, 0.2) is 0 Å². The van der Waals surface area contributed by atoms with E-state index in [4.69, 9.17) is 11.6 Å². The first-order chi connectivity index (χ1) is 8.40. The fourth-order valence-corrected chi connectivity index (χ4v) is 1.87. The molecule has 0 saturated heterocycles. The standard InChI is InChI=1S/C13H18BrClN2O/c1-8(2)17-13(18)9(3)16-7-10-4-5-11(14)12(15)6-10/h4-6,8-9,16H,7H2,1-3H3,(H,17,18). The molecule has 0 heterocycles. The Hall–Kier alpha value is -0.580. The van der Waals surface area contributed by atoms with Crippen molar-refractivity contribution in [2.24, 2.45) is 0 Å². The van der Waals surface area contributed by atoms with Crippen LogP contribution in [0.25, 0.3) is 0 Å². The highest BCUT2D eigenvalue weighted by Crippen LogP contribution is 2.23. The summed E-state index contributed by atoms with van der Waals surface area (Å²) < 4.78 is 0.874. The summed E-state index contributed by atoms with van der Waals surface area (Å²) in [5.74, 6) is 0.00760. The Kier molecular flexibility index (Phi) is 6.12. The van der Waals surface area contributed by atoms with Crippen molar-refractivity contribution in [2.75, 3.05) is 0 Å². The van der Waals surface area contributed by atoms with Gasteiger partial charge in [-0.25, -0.2) is 0 Å². The topological polar surface area (TPSA) is 41.1 Å². The number of rotatable bonds is 5. The minimum atomic E-state index is -0.227. The number of amides is 1. The minimum Gasteiger partial charge on any atom is -0.353 e. The molecule has 0 saturated carbocycles. The van der Waals surface area contributed by atoms with Crippen LogP contribution in [-0.2, 0) is 11.3 Å². The van der Waals surface area contributed by atoms with Crippen molar-refractivity contribution < 1.29 is 4.79 Å². The lowest BCUT2D eigenvalue weighted by molar-refractivity contribution is -0.123. The molecule has 0 spiro atoms. The highest BCUT2D eigenvalue weighted by atomic mass is 79.9. The first-order valence-electron chi connectivity index (χ1n) is 5.88. The van der Waals surface area contributed by atoms with Gasteiger partial charge >= 0.3 is 0 Å². The van der Waals surface area contributed by atoms with Crippen LogP contribution < -0.4 is 10.6 Å². The summed E-state index contributed by atoms with van der Waals surface area (Å²) in [5.41, 5.74) is 1.05. The number of carbonyl (C=O) groups excluding carboxylic acids is 1. The molecule has 1 rings (SSSR count). The fraction of sp³-hybridized carbons (Fsp3) is 0.462. The van der Waals surface area contributed by atoms with Crippen LogP contribution in [0.2, 0.25) is 5.02 Å². The Morgan fingerprint density at radius 3 is 2.61 bits per heavy atom. The van der Waals surface area contributed by atoms with Gasteiger partial charge in [-0.1, -0.05) is 17.7 Å². The largest absolute Gasteiger partial charge is 0.353 e. The first kappa shape index (κ1) is 15.5. The lowest BCUT2D eigenvalue weighted by Gasteiger charge is -2.16. The Bertz CT molecular complexity index is 423. The summed E-state index contributed by atoms with van der Waals surface area (Å²) in [4.78, 5) is 11.7. The second kappa shape index (κ2) is 7.12. The lowest BCUT2D eigenvalue weighted by Crippen LogP contribution is -2.44. The molecule has 1 amide bonds. The molecule has 3 nitrogen and oxygen atoms in total. The Labute approximate surface area is 121 Å². The zero-order chi connectivity index (χ0) is 13.7. The third kappa shape index (κ3) is 4.96. The second-order valence-electron chi connectivity index (χ2n) is 4.51. The predicted molar refractivity (Wildman–Crippen MR) is 78.7 cm³/mol. The van der Waals surface area contributed by atoms with Gasteiger partial charge in [-0.3, -0.25) is 4.79 Å². The van der Waals surface area contributed by atoms with E-state index in [1.807, 2.05) is 39.0 Å². The van der Waals surface area contributed by atoms with Gasteiger partial charge in [-0.15, -0.1) is 0 Å². The SMILES string of the molecule is CC(C)NC(=O)C(C)NCc1ccc(Br)c(Cl)c1. The van der Waals surface area contributed by atoms with E-state index < -0.39 is 0 Å². The summed E-state index contributed by atoms with van der Waals surface area (Å²) in [5, 5.41) is 6.70. The molecule has 0 aliphatic carbocycles. The number of benzene rings is 1. The third-order valence-electron chi connectivity index (χ3n) is 2.42. The van der Waals surface area contributed by atoms with Crippen molar-refractivity contribution in [3.05, 3.63) is 33.3 Å². The van der Waals surface area contributed by atoms with Crippen molar-refractivity contribution in [2.45, 2.75) is 39.4 Å². The van der Waals surface area contributed by atoms with Gasteiger partial charge in [-0.2, -0.15) is 0 Å². The quantitative estimate of drug-likeness (QED) is 0.869. The number of nitrogens with one attached hydrogen (secondary N) is 2. The van der Waals surface area contributed by atoms with Crippen LogP contribution in [0.1, 0.15) is 26.3 Å². The molecule has 1 aromatic rings. The van der Waals surface area contributed by atoms with Gasteiger partial charge < -0.3 is 10.6 Å².